The van der Waals surface area contributed by atoms with Crippen molar-refractivity contribution < 1.29 is 9.47 Å². The first kappa shape index (κ1) is 18.6. The van der Waals surface area contributed by atoms with Crippen LogP contribution in [-0.4, -0.2) is 13.7 Å². The molecule has 3 nitrogen and oxygen atoms in total. The summed E-state index contributed by atoms with van der Waals surface area (Å²) in [7, 11) is 1.64. The Balaban J connectivity index is 2.09. The Morgan fingerprint density at radius 3 is 2.58 bits per heavy atom. The van der Waals surface area contributed by atoms with Crippen molar-refractivity contribution in [2.24, 2.45) is 5.92 Å². The minimum Gasteiger partial charge on any atom is -0.493 e. The van der Waals surface area contributed by atoms with Gasteiger partial charge in [-0.1, -0.05) is 55.3 Å². The molecule has 0 aliphatic heterocycles. The van der Waals surface area contributed by atoms with E-state index in [4.69, 9.17) is 21.1 Å². The van der Waals surface area contributed by atoms with E-state index in [1.807, 2.05) is 24.3 Å². The van der Waals surface area contributed by atoms with Crippen LogP contribution >= 0.6 is 11.6 Å². The third-order valence-electron chi connectivity index (χ3n) is 3.64. The lowest BCUT2D eigenvalue weighted by Crippen LogP contribution is -2.19. The zero-order valence-electron chi connectivity index (χ0n) is 14.9. The standard InChI is InChI=1S/C20H26ClNO2/c1-14(2)11-22-12-17-9-18(21)20(19(10-17)23-4)24-13-16-7-5-6-15(3)8-16/h5-10,14,22H,11-13H2,1-4H3. The SMILES string of the molecule is COc1cc(CNCC(C)C)cc(Cl)c1OCc1cccc(C)c1. The maximum Gasteiger partial charge on any atom is 0.180 e. The number of ether oxygens (including phenoxy) is 2. The molecular weight excluding hydrogens is 322 g/mol. The molecule has 0 bridgehead atoms. The Morgan fingerprint density at radius 1 is 1.12 bits per heavy atom. The van der Waals surface area contributed by atoms with E-state index in [0.29, 0.717) is 29.0 Å². The number of aryl methyl sites for hydroxylation is 1. The molecule has 24 heavy (non-hydrogen) atoms. The van der Waals surface area contributed by atoms with Gasteiger partial charge in [0.25, 0.3) is 0 Å². The highest BCUT2D eigenvalue weighted by Crippen LogP contribution is 2.37. The largest absolute Gasteiger partial charge is 0.493 e. The molecule has 0 heterocycles. The quantitative estimate of drug-likeness (QED) is 0.730. The molecule has 0 aliphatic carbocycles. The van der Waals surface area contributed by atoms with Gasteiger partial charge in [-0.05, 0) is 42.6 Å². The van der Waals surface area contributed by atoms with Gasteiger partial charge in [-0.3, -0.25) is 0 Å². The molecule has 0 aliphatic rings. The van der Waals surface area contributed by atoms with Crippen LogP contribution in [0.3, 0.4) is 0 Å². The molecule has 0 spiro atoms. The summed E-state index contributed by atoms with van der Waals surface area (Å²) in [5.41, 5.74) is 3.40. The maximum absolute atomic E-state index is 6.42. The van der Waals surface area contributed by atoms with Gasteiger partial charge >= 0.3 is 0 Å². The van der Waals surface area contributed by atoms with E-state index >= 15 is 0 Å². The van der Waals surface area contributed by atoms with Crippen molar-refractivity contribution in [2.75, 3.05) is 13.7 Å². The summed E-state index contributed by atoms with van der Waals surface area (Å²) < 4.78 is 11.4. The van der Waals surface area contributed by atoms with Crippen LogP contribution in [0, 0.1) is 12.8 Å². The van der Waals surface area contributed by atoms with Crippen molar-refractivity contribution in [3.63, 3.8) is 0 Å². The first-order valence-corrected chi connectivity index (χ1v) is 8.63. The summed E-state index contributed by atoms with van der Waals surface area (Å²) >= 11 is 6.42. The number of benzene rings is 2. The summed E-state index contributed by atoms with van der Waals surface area (Å²) in [6.45, 7) is 8.61. The summed E-state index contributed by atoms with van der Waals surface area (Å²) in [6.07, 6.45) is 0. The molecule has 0 amide bonds. The van der Waals surface area contributed by atoms with E-state index < -0.39 is 0 Å². The highest BCUT2D eigenvalue weighted by molar-refractivity contribution is 6.32. The van der Waals surface area contributed by atoms with Gasteiger partial charge in [-0.15, -0.1) is 0 Å². The molecule has 0 atom stereocenters. The zero-order chi connectivity index (χ0) is 17.5. The maximum atomic E-state index is 6.42. The number of nitrogens with one attached hydrogen (secondary N) is 1. The Labute approximate surface area is 149 Å². The fourth-order valence-corrected chi connectivity index (χ4v) is 2.77. The van der Waals surface area contributed by atoms with Crippen molar-refractivity contribution in [2.45, 2.75) is 33.9 Å². The second-order valence-corrected chi connectivity index (χ2v) is 6.82. The first-order valence-electron chi connectivity index (χ1n) is 8.25. The van der Waals surface area contributed by atoms with Crippen molar-refractivity contribution in [1.82, 2.24) is 5.32 Å². The lowest BCUT2D eigenvalue weighted by molar-refractivity contribution is 0.284. The van der Waals surface area contributed by atoms with E-state index in [9.17, 15) is 0 Å². The number of methoxy groups -OCH3 is 1. The molecule has 0 unspecified atom stereocenters. The van der Waals surface area contributed by atoms with Gasteiger partial charge < -0.3 is 14.8 Å². The lowest BCUT2D eigenvalue weighted by Gasteiger charge is -2.15. The van der Waals surface area contributed by atoms with E-state index in [0.717, 1.165) is 24.2 Å². The normalized spacial score (nSPS) is 10.9. The van der Waals surface area contributed by atoms with Crippen molar-refractivity contribution in [3.05, 3.63) is 58.1 Å². The Kier molecular flexibility index (Phi) is 6.95. The average molecular weight is 348 g/mol. The summed E-state index contributed by atoms with van der Waals surface area (Å²) in [5, 5.41) is 3.98. The highest BCUT2D eigenvalue weighted by Gasteiger charge is 2.12. The molecule has 0 saturated carbocycles. The van der Waals surface area contributed by atoms with Crippen LogP contribution in [0.15, 0.2) is 36.4 Å². The smallest absolute Gasteiger partial charge is 0.180 e. The molecular formula is C20H26ClNO2. The van der Waals surface area contributed by atoms with Crippen molar-refractivity contribution in [3.8, 4) is 11.5 Å². The molecule has 1 N–H and O–H groups in total. The van der Waals surface area contributed by atoms with Crippen LogP contribution in [0.25, 0.3) is 0 Å². The molecule has 0 radical (unpaired) electrons. The molecule has 4 heteroatoms. The number of halogens is 1. The number of rotatable bonds is 8. The highest BCUT2D eigenvalue weighted by atomic mass is 35.5. The summed E-state index contributed by atoms with van der Waals surface area (Å²) in [4.78, 5) is 0. The van der Waals surface area contributed by atoms with Crippen LogP contribution in [0.2, 0.25) is 5.02 Å². The van der Waals surface area contributed by atoms with Gasteiger partial charge in [0.05, 0.1) is 12.1 Å². The fraction of sp³-hybridized carbons (Fsp3) is 0.400. The zero-order valence-corrected chi connectivity index (χ0v) is 15.6. The fourth-order valence-electron chi connectivity index (χ4n) is 2.48. The Bertz CT molecular complexity index is 671. The van der Waals surface area contributed by atoms with Gasteiger partial charge in [0, 0.05) is 6.54 Å². The molecule has 2 rings (SSSR count). The molecule has 2 aromatic carbocycles. The molecule has 0 saturated heterocycles. The minimum atomic E-state index is 0.461. The summed E-state index contributed by atoms with van der Waals surface area (Å²) in [6, 6.07) is 12.1. The van der Waals surface area contributed by atoms with Crippen LogP contribution in [-0.2, 0) is 13.2 Å². The average Bonchev–Trinajstić information content (AvgIpc) is 2.53. The topological polar surface area (TPSA) is 30.5 Å². The van der Waals surface area contributed by atoms with Gasteiger partial charge in [0.2, 0.25) is 0 Å². The second-order valence-electron chi connectivity index (χ2n) is 6.41. The monoisotopic (exact) mass is 347 g/mol. The predicted octanol–water partition coefficient (Wildman–Crippen LogP) is 4.98. The third kappa shape index (κ3) is 5.43. The second kappa shape index (κ2) is 8.95. The van der Waals surface area contributed by atoms with E-state index in [1.165, 1.54) is 5.56 Å². The van der Waals surface area contributed by atoms with Gasteiger partial charge in [-0.2, -0.15) is 0 Å². The molecule has 130 valence electrons. The minimum absolute atomic E-state index is 0.461. The van der Waals surface area contributed by atoms with E-state index in [1.54, 1.807) is 7.11 Å². The number of hydrogen-bond acceptors (Lipinski definition) is 3. The van der Waals surface area contributed by atoms with Crippen LogP contribution in [0.1, 0.15) is 30.5 Å². The van der Waals surface area contributed by atoms with Crippen molar-refractivity contribution >= 4 is 11.6 Å². The van der Waals surface area contributed by atoms with Crippen LogP contribution < -0.4 is 14.8 Å². The predicted molar refractivity (Wildman–Crippen MR) is 100 cm³/mol. The molecule has 2 aromatic rings. The molecule has 0 fully saturated rings. The van der Waals surface area contributed by atoms with Gasteiger partial charge in [-0.25, -0.2) is 0 Å². The Morgan fingerprint density at radius 2 is 1.92 bits per heavy atom. The first-order chi connectivity index (χ1) is 11.5. The van der Waals surface area contributed by atoms with Crippen LogP contribution in [0.5, 0.6) is 11.5 Å². The van der Waals surface area contributed by atoms with E-state index in [2.05, 4.69) is 38.2 Å². The van der Waals surface area contributed by atoms with Crippen LogP contribution in [0.4, 0.5) is 0 Å². The van der Waals surface area contributed by atoms with Gasteiger partial charge in [0.1, 0.15) is 6.61 Å². The summed E-state index contributed by atoms with van der Waals surface area (Å²) in [5.74, 6) is 1.86. The third-order valence-corrected chi connectivity index (χ3v) is 3.92. The molecule has 0 aromatic heterocycles. The number of hydrogen-bond donors (Lipinski definition) is 1. The lowest BCUT2D eigenvalue weighted by atomic mass is 10.1. The van der Waals surface area contributed by atoms with Gasteiger partial charge in [0.15, 0.2) is 11.5 Å². The van der Waals surface area contributed by atoms with E-state index in [-0.39, 0.29) is 0 Å². The Hall–Kier alpha value is -1.71. The van der Waals surface area contributed by atoms with Crippen molar-refractivity contribution in [1.29, 1.82) is 0 Å².